The highest BCUT2D eigenvalue weighted by molar-refractivity contribution is 7.03. The van der Waals surface area contributed by atoms with Gasteiger partial charge in [-0.05, 0) is 45.6 Å². The molecule has 2 aromatic heterocycles. The zero-order chi connectivity index (χ0) is 30.8. The molecule has 0 aliphatic carbocycles. The van der Waals surface area contributed by atoms with E-state index in [0.717, 1.165) is 66.8 Å². The lowest BCUT2D eigenvalue weighted by molar-refractivity contribution is 0.670. The summed E-state index contributed by atoms with van der Waals surface area (Å²) < 4.78 is 6.37. The van der Waals surface area contributed by atoms with Crippen LogP contribution in [-0.4, -0.2) is 18.0 Å². The first-order valence-electron chi connectivity index (χ1n) is 15.8. The van der Waals surface area contributed by atoms with E-state index in [1.807, 2.05) is 12.1 Å². The molecular formula is C42H30N2OSi. The van der Waals surface area contributed by atoms with E-state index in [4.69, 9.17) is 14.4 Å². The van der Waals surface area contributed by atoms with Crippen molar-refractivity contribution in [3.63, 3.8) is 0 Å². The predicted octanol–water partition coefficient (Wildman–Crippen LogP) is 9.85. The number of rotatable bonds is 4. The maximum atomic E-state index is 6.37. The molecule has 218 valence electrons. The fraction of sp³-hybridized carbons (Fsp3) is 0.0476. The van der Waals surface area contributed by atoms with Gasteiger partial charge in [0.15, 0.2) is 5.82 Å². The summed E-state index contributed by atoms with van der Waals surface area (Å²) in [6.07, 6.45) is 0. The van der Waals surface area contributed by atoms with Crippen molar-refractivity contribution >= 4 is 40.5 Å². The van der Waals surface area contributed by atoms with Gasteiger partial charge in [-0.3, -0.25) is 0 Å². The number of para-hydroxylation sites is 2. The quantitative estimate of drug-likeness (QED) is 0.187. The minimum atomic E-state index is -2.03. The molecule has 1 aliphatic rings. The van der Waals surface area contributed by atoms with Crippen molar-refractivity contribution in [1.29, 1.82) is 0 Å². The highest BCUT2D eigenvalue weighted by Crippen LogP contribution is 2.39. The SMILES string of the molecule is C[Si]1(C)c2ccccc2-c2c(-c3ccccc3)nc(-c3cccc(-c4cccc(-c5cccc6c5oc5ccccc56)c4)c3)nc21. The number of hydrogen-bond acceptors (Lipinski definition) is 3. The monoisotopic (exact) mass is 606 g/mol. The third kappa shape index (κ3) is 4.11. The Labute approximate surface area is 268 Å². The van der Waals surface area contributed by atoms with Crippen molar-refractivity contribution in [1.82, 2.24) is 9.97 Å². The van der Waals surface area contributed by atoms with Gasteiger partial charge < -0.3 is 4.42 Å². The van der Waals surface area contributed by atoms with Crippen molar-refractivity contribution in [2.45, 2.75) is 13.1 Å². The van der Waals surface area contributed by atoms with Crippen LogP contribution < -0.4 is 10.5 Å². The normalized spacial score (nSPS) is 13.2. The third-order valence-electron chi connectivity index (χ3n) is 9.45. The van der Waals surface area contributed by atoms with Crippen LogP contribution >= 0.6 is 0 Å². The molecule has 9 rings (SSSR count). The molecule has 1 aliphatic heterocycles. The van der Waals surface area contributed by atoms with E-state index in [9.17, 15) is 0 Å². The van der Waals surface area contributed by atoms with E-state index in [1.165, 1.54) is 21.6 Å². The Hall–Kier alpha value is -5.58. The summed E-state index contributed by atoms with van der Waals surface area (Å²) in [4.78, 5) is 10.7. The number of aromatic nitrogens is 2. The van der Waals surface area contributed by atoms with Crippen molar-refractivity contribution in [2.24, 2.45) is 0 Å². The van der Waals surface area contributed by atoms with Gasteiger partial charge in [-0.25, -0.2) is 9.97 Å². The second-order valence-electron chi connectivity index (χ2n) is 12.6. The first kappa shape index (κ1) is 26.8. The van der Waals surface area contributed by atoms with Crippen molar-refractivity contribution in [2.75, 3.05) is 0 Å². The Morgan fingerprint density at radius 3 is 1.96 bits per heavy atom. The highest BCUT2D eigenvalue weighted by atomic mass is 28.3. The third-order valence-corrected chi connectivity index (χ3v) is 12.8. The fourth-order valence-electron chi connectivity index (χ4n) is 7.15. The van der Waals surface area contributed by atoms with Crippen molar-refractivity contribution in [3.8, 4) is 56.0 Å². The molecular weight excluding hydrogens is 577 g/mol. The number of furan rings is 1. The zero-order valence-electron chi connectivity index (χ0n) is 25.7. The number of hydrogen-bond donors (Lipinski definition) is 0. The van der Waals surface area contributed by atoms with Gasteiger partial charge in [0.25, 0.3) is 0 Å². The van der Waals surface area contributed by atoms with E-state index in [2.05, 4.69) is 147 Å². The minimum absolute atomic E-state index is 0.774. The maximum absolute atomic E-state index is 6.37. The van der Waals surface area contributed by atoms with E-state index in [0.29, 0.717) is 0 Å². The molecule has 0 amide bonds. The Balaban J connectivity index is 1.18. The van der Waals surface area contributed by atoms with Gasteiger partial charge in [0, 0.05) is 38.3 Å². The van der Waals surface area contributed by atoms with Crippen LogP contribution in [0, 0.1) is 0 Å². The molecule has 3 nitrogen and oxygen atoms in total. The molecule has 0 atom stereocenters. The van der Waals surface area contributed by atoms with Crippen molar-refractivity contribution < 1.29 is 4.42 Å². The van der Waals surface area contributed by atoms with Gasteiger partial charge in [0.05, 0.1) is 5.69 Å². The molecule has 6 aromatic carbocycles. The lowest BCUT2D eigenvalue weighted by atomic mass is 9.96. The summed E-state index contributed by atoms with van der Waals surface area (Å²) in [5.74, 6) is 0.774. The summed E-state index contributed by atoms with van der Waals surface area (Å²) in [5.41, 5.74) is 11.9. The summed E-state index contributed by atoms with van der Waals surface area (Å²) in [6, 6.07) is 51.4. The van der Waals surface area contributed by atoms with Crippen LogP contribution in [0.4, 0.5) is 0 Å². The number of nitrogens with zero attached hydrogens (tertiary/aromatic N) is 2. The van der Waals surface area contributed by atoms with Crippen LogP contribution in [0.1, 0.15) is 0 Å². The number of benzene rings is 6. The van der Waals surface area contributed by atoms with Crippen LogP contribution in [-0.2, 0) is 0 Å². The van der Waals surface area contributed by atoms with Gasteiger partial charge >= 0.3 is 0 Å². The van der Waals surface area contributed by atoms with Crippen LogP contribution in [0.2, 0.25) is 13.1 Å². The molecule has 3 heterocycles. The van der Waals surface area contributed by atoms with Crippen molar-refractivity contribution in [3.05, 3.63) is 146 Å². The first-order chi connectivity index (χ1) is 22.6. The molecule has 0 radical (unpaired) electrons. The summed E-state index contributed by atoms with van der Waals surface area (Å²) in [7, 11) is -2.03. The highest BCUT2D eigenvalue weighted by Gasteiger charge is 2.41. The summed E-state index contributed by atoms with van der Waals surface area (Å²) in [6.45, 7) is 4.82. The zero-order valence-corrected chi connectivity index (χ0v) is 26.7. The van der Waals surface area contributed by atoms with Gasteiger partial charge in [-0.2, -0.15) is 0 Å². The standard InChI is InChI=1S/C42H30N2OSi/c1-46(2)37-24-9-7-20-35(37)38-39(27-13-4-3-5-14-27)43-41(44-42(38)46)31-18-11-16-29(26-31)28-15-10-17-30(25-28)32-21-12-22-34-33-19-6-8-23-36(33)45-40(32)34/h3-26H,1-2H3. The lowest BCUT2D eigenvalue weighted by Gasteiger charge is -2.19. The van der Waals surface area contributed by atoms with Gasteiger partial charge in [-0.15, -0.1) is 0 Å². The second kappa shape index (κ2) is 10.2. The minimum Gasteiger partial charge on any atom is -0.455 e. The fourth-order valence-corrected chi connectivity index (χ4v) is 10.1. The molecule has 0 unspecified atom stereocenters. The largest absolute Gasteiger partial charge is 0.455 e. The average molecular weight is 607 g/mol. The maximum Gasteiger partial charge on any atom is 0.159 e. The molecule has 0 fully saturated rings. The van der Waals surface area contributed by atoms with Crippen LogP contribution in [0.5, 0.6) is 0 Å². The molecule has 0 bridgehead atoms. The lowest BCUT2D eigenvalue weighted by Crippen LogP contribution is -2.50. The first-order valence-corrected chi connectivity index (χ1v) is 18.8. The predicted molar refractivity (Wildman–Crippen MR) is 193 cm³/mol. The Morgan fingerprint density at radius 1 is 0.500 bits per heavy atom. The Kier molecular flexibility index (Phi) is 5.96. The molecule has 0 saturated carbocycles. The van der Waals surface area contributed by atoms with E-state index in [-0.39, 0.29) is 0 Å². The van der Waals surface area contributed by atoms with Gasteiger partial charge in [-0.1, -0.05) is 140 Å². The van der Waals surface area contributed by atoms with Crippen LogP contribution in [0.3, 0.4) is 0 Å². The molecule has 0 spiro atoms. The van der Waals surface area contributed by atoms with E-state index < -0.39 is 8.07 Å². The smallest absolute Gasteiger partial charge is 0.159 e. The summed E-state index contributed by atoms with van der Waals surface area (Å²) >= 11 is 0. The van der Waals surface area contributed by atoms with Gasteiger partial charge in [0.2, 0.25) is 0 Å². The molecule has 0 N–H and O–H groups in total. The number of fused-ring (bicyclic) bond motifs is 6. The van der Waals surface area contributed by atoms with Gasteiger partial charge in [0.1, 0.15) is 19.2 Å². The topological polar surface area (TPSA) is 38.9 Å². The van der Waals surface area contributed by atoms with E-state index in [1.54, 1.807) is 0 Å². The average Bonchev–Trinajstić information content (AvgIpc) is 3.61. The molecule has 46 heavy (non-hydrogen) atoms. The summed E-state index contributed by atoms with van der Waals surface area (Å²) in [5, 5.41) is 4.92. The Bertz CT molecular complexity index is 2460. The molecule has 8 aromatic rings. The van der Waals surface area contributed by atoms with Crippen LogP contribution in [0.15, 0.2) is 150 Å². The second-order valence-corrected chi connectivity index (χ2v) is 16.9. The molecule has 4 heteroatoms. The Morgan fingerprint density at radius 2 is 1.11 bits per heavy atom. The van der Waals surface area contributed by atoms with Crippen LogP contribution in [0.25, 0.3) is 78.0 Å². The van der Waals surface area contributed by atoms with E-state index >= 15 is 0 Å². The molecule has 0 saturated heterocycles.